The fourth-order valence-electron chi connectivity index (χ4n) is 1.94. The quantitative estimate of drug-likeness (QED) is 0.889. The van der Waals surface area contributed by atoms with Crippen molar-refractivity contribution in [2.24, 2.45) is 5.41 Å². The van der Waals surface area contributed by atoms with Gasteiger partial charge in [0.1, 0.15) is 0 Å². The Morgan fingerprint density at radius 1 is 1.30 bits per heavy atom. The third-order valence-corrected chi connectivity index (χ3v) is 2.59. The summed E-state index contributed by atoms with van der Waals surface area (Å²) in [5.41, 5.74) is 1.29. The van der Waals surface area contributed by atoms with E-state index in [1.807, 2.05) is 0 Å². The molecule has 1 aromatic carbocycles. The largest absolute Gasteiger partial charge is 0.481 e. The van der Waals surface area contributed by atoms with Crippen LogP contribution in [0.1, 0.15) is 26.3 Å². The highest BCUT2D eigenvalue weighted by Gasteiger charge is 2.17. The lowest BCUT2D eigenvalue weighted by atomic mass is 9.96. The minimum Gasteiger partial charge on any atom is -0.481 e. The minimum atomic E-state index is -0.890. The van der Waals surface area contributed by atoms with Gasteiger partial charge in [-0.2, -0.15) is 0 Å². The molecule has 2 amide bonds. The smallest absolute Gasteiger partial charge is 0.321 e. The van der Waals surface area contributed by atoms with E-state index in [0.29, 0.717) is 17.8 Å². The lowest BCUT2D eigenvalue weighted by Crippen LogP contribution is -2.37. The number of carbonyl (C=O) groups is 2. The zero-order valence-corrected chi connectivity index (χ0v) is 12.4. The van der Waals surface area contributed by atoms with E-state index >= 15 is 0 Å². The Kier molecular flexibility index (Phi) is 5.13. The fourth-order valence-corrected chi connectivity index (χ4v) is 1.94. The van der Waals surface area contributed by atoms with Gasteiger partial charge >= 0.3 is 12.0 Å². The van der Waals surface area contributed by atoms with Crippen LogP contribution in [0.3, 0.4) is 0 Å². The number of carboxylic acids is 1. The molecule has 0 atom stereocenters. The van der Waals surface area contributed by atoms with E-state index in [0.717, 1.165) is 0 Å². The van der Waals surface area contributed by atoms with E-state index in [9.17, 15) is 9.59 Å². The number of rotatable bonds is 4. The van der Waals surface area contributed by atoms with Crippen LogP contribution in [0.15, 0.2) is 24.3 Å². The molecular weight excluding hydrogens is 256 g/mol. The molecule has 0 aromatic heterocycles. The second kappa shape index (κ2) is 6.41. The number of anilines is 1. The first kappa shape index (κ1) is 16.0. The molecule has 0 spiro atoms. The Balaban J connectivity index is 2.68. The Labute approximate surface area is 119 Å². The maximum atomic E-state index is 12.0. The summed E-state index contributed by atoms with van der Waals surface area (Å²) in [6.07, 6.45) is -0.0540. The molecule has 0 heterocycles. The summed E-state index contributed by atoms with van der Waals surface area (Å²) < 4.78 is 0. The molecule has 2 N–H and O–H groups in total. The van der Waals surface area contributed by atoms with Crippen LogP contribution in [0.5, 0.6) is 0 Å². The molecule has 0 aliphatic heterocycles. The van der Waals surface area contributed by atoms with E-state index in [1.165, 1.54) is 0 Å². The lowest BCUT2D eigenvalue weighted by Gasteiger charge is -2.26. The summed E-state index contributed by atoms with van der Waals surface area (Å²) >= 11 is 0. The summed E-state index contributed by atoms with van der Waals surface area (Å²) in [6.45, 7) is 6.81. The number of hydrogen-bond donors (Lipinski definition) is 2. The number of hydrogen-bond acceptors (Lipinski definition) is 2. The van der Waals surface area contributed by atoms with E-state index in [2.05, 4.69) is 26.1 Å². The molecular formula is C15H22N2O3. The van der Waals surface area contributed by atoms with Crippen molar-refractivity contribution < 1.29 is 14.7 Å². The summed E-state index contributed by atoms with van der Waals surface area (Å²) in [5.74, 6) is -0.890. The Bertz CT molecular complexity index is 492. The van der Waals surface area contributed by atoms with Crippen LogP contribution in [-0.2, 0) is 11.2 Å². The summed E-state index contributed by atoms with van der Waals surface area (Å²) in [5, 5.41) is 11.5. The highest BCUT2D eigenvalue weighted by atomic mass is 16.4. The third kappa shape index (κ3) is 5.73. The predicted octanol–water partition coefficient (Wildman–Crippen LogP) is 2.82. The molecule has 110 valence electrons. The zero-order chi connectivity index (χ0) is 15.3. The van der Waals surface area contributed by atoms with E-state index in [-0.39, 0.29) is 17.9 Å². The first-order valence-electron chi connectivity index (χ1n) is 6.50. The van der Waals surface area contributed by atoms with Gasteiger partial charge in [0.05, 0.1) is 6.42 Å². The molecule has 0 radical (unpaired) electrons. The van der Waals surface area contributed by atoms with E-state index in [1.54, 1.807) is 36.2 Å². The molecule has 0 unspecified atom stereocenters. The molecule has 0 aliphatic rings. The van der Waals surface area contributed by atoms with Gasteiger partial charge in [0.15, 0.2) is 0 Å². The van der Waals surface area contributed by atoms with Crippen molar-refractivity contribution >= 4 is 17.7 Å². The molecule has 5 heteroatoms. The van der Waals surface area contributed by atoms with Crippen molar-refractivity contribution in [3.8, 4) is 0 Å². The van der Waals surface area contributed by atoms with Gasteiger partial charge in [0, 0.05) is 19.3 Å². The zero-order valence-electron chi connectivity index (χ0n) is 12.4. The van der Waals surface area contributed by atoms with Crippen molar-refractivity contribution in [3.05, 3.63) is 29.8 Å². The van der Waals surface area contributed by atoms with E-state index in [4.69, 9.17) is 5.11 Å². The Morgan fingerprint density at radius 2 is 1.95 bits per heavy atom. The maximum Gasteiger partial charge on any atom is 0.321 e. The molecule has 20 heavy (non-hydrogen) atoms. The highest BCUT2D eigenvalue weighted by molar-refractivity contribution is 5.89. The van der Waals surface area contributed by atoms with Crippen LogP contribution in [0.4, 0.5) is 10.5 Å². The van der Waals surface area contributed by atoms with Crippen molar-refractivity contribution in [1.82, 2.24) is 4.90 Å². The van der Waals surface area contributed by atoms with Crippen LogP contribution < -0.4 is 5.32 Å². The van der Waals surface area contributed by atoms with Gasteiger partial charge in [0.25, 0.3) is 0 Å². The maximum absolute atomic E-state index is 12.0. The lowest BCUT2D eigenvalue weighted by molar-refractivity contribution is -0.136. The molecule has 0 fully saturated rings. The number of urea groups is 1. The van der Waals surface area contributed by atoms with Crippen LogP contribution >= 0.6 is 0 Å². The Morgan fingerprint density at radius 3 is 2.50 bits per heavy atom. The molecule has 0 bridgehead atoms. The van der Waals surface area contributed by atoms with Crippen molar-refractivity contribution in [3.63, 3.8) is 0 Å². The fraction of sp³-hybridized carbons (Fsp3) is 0.467. The number of nitrogens with zero attached hydrogens (tertiary/aromatic N) is 1. The molecule has 1 aromatic rings. The van der Waals surface area contributed by atoms with Crippen molar-refractivity contribution in [2.75, 3.05) is 18.9 Å². The first-order valence-corrected chi connectivity index (χ1v) is 6.50. The topological polar surface area (TPSA) is 69.6 Å². The van der Waals surface area contributed by atoms with Crippen LogP contribution in [0.25, 0.3) is 0 Å². The van der Waals surface area contributed by atoms with Gasteiger partial charge in [0.2, 0.25) is 0 Å². The standard InChI is InChI=1S/C15H22N2O3/c1-15(2,3)10-17(4)14(20)16-12-7-5-6-11(8-12)9-13(18)19/h5-8H,9-10H2,1-4H3,(H,16,20)(H,18,19). The van der Waals surface area contributed by atoms with Crippen LogP contribution in [-0.4, -0.2) is 35.6 Å². The second-order valence-electron chi connectivity index (χ2n) is 6.12. The molecule has 0 aliphatic carbocycles. The number of amides is 2. The molecule has 1 rings (SSSR count). The Hall–Kier alpha value is -2.04. The summed E-state index contributed by atoms with van der Waals surface area (Å²) in [7, 11) is 1.74. The average molecular weight is 278 g/mol. The number of aliphatic carboxylic acids is 1. The number of carboxylic acid groups (broad SMARTS) is 1. The van der Waals surface area contributed by atoms with Crippen molar-refractivity contribution in [2.45, 2.75) is 27.2 Å². The molecule has 0 saturated carbocycles. The second-order valence-corrected chi connectivity index (χ2v) is 6.12. The summed E-state index contributed by atoms with van der Waals surface area (Å²) in [6, 6.07) is 6.68. The summed E-state index contributed by atoms with van der Waals surface area (Å²) in [4.78, 5) is 24.3. The number of nitrogens with one attached hydrogen (secondary N) is 1. The monoisotopic (exact) mass is 278 g/mol. The number of benzene rings is 1. The average Bonchev–Trinajstić information content (AvgIpc) is 2.26. The molecule has 0 saturated heterocycles. The third-order valence-electron chi connectivity index (χ3n) is 2.59. The van der Waals surface area contributed by atoms with E-state index < -0.39 is 5.97 Å². The van der Waals surface area contributed by atoms with Crippen LogP contribution in [0, 0.1) is 5.41 Å². The first-order chi connectivity index (χ1) is 9.17. The normalized spacial score (nSPS) is 11.0. The minimum absolute atomic E-state index is 0.0250. The van der Waals surface area contributed by atoms with Gasteiger partial charge in [-0.15, -0.1) is 0 Å². The van der Waals surface area contributed by atoms with Gasteiger partial charge < -0.3 is 15.3 Å². The number of carbonyl (C=O) groups excluding carboxylic acids is 1. The van der Waals surface area contributed by atoms with Gasteiger partial charge in [-0.1, -0.05) is 32.9 Å². The molecule has 5 nitrogen and oxygen atoms in total. The predicted molar refractivity (Wildman–Crippen MR) is 78.9 cm³/mol. The van der Waals surface area contributed by atoms with Gasteiger partial charge in [-0.25, -0.2) is 4.79 Å². The van der Waals surface area contributed by atoms with Gasteiger partial charge in [-0.3, -0.25) is 4.79 Å². The highest BCUT2D eigenvalue weighted by Crippen LogP contribution is 2.16. The van der Waals surface area contributed by atoms with Crippen LogP contribution in [0.2, 0.25) is 0 Å². The van der Waals surface area contributed by atoms with Crippen molar-refractivity contribution in [1.29, 1.82) is 0 Å². The SMILES string of the molecule is CN(CC(C)(C)C)C(=O)Nc1cccc(CC(=O)O)c1. The van der Waals surface area contributed by atoms with Gasteiger partial charge in [-0.05, 0) is 23.1 Å².